The molecule has 2 aliphatic heterocycles. The van der Waals surface area contributed by atoms with Crippen molar-refractivity contribution in [2.75, 3.05) is 137 Å². The molecule has 1 saturated heterocycles. The van der Waals surface area contributed by atoms with Crippen LogP contribution in [0.1, 0.15) is 59.2 Å². The Balaban J connectivity index is 1.02. The van der Waals surface area contributed by atoms with Gasteiger partial charge >= 0.3 is 0 Å². The van der Waals surface area contributed by atoms with Crippen LogP contribution in [-0.2, 0) is 52.2 Å². The number of nitrogens with one attached hydrogen (secondary N) is 2. The number of ether oxygens (including phenoxy) is 9. The highest BCUT2D eigenvalue weighted by atomic mass is 35.5. The molecule has 0 saturated carbocycles. The van der Waals surface area contributed by atoms with Gasteiger partial charge < -0.3 is 47.9 Å². The average Bonchev–Trinajstić information content (AvgIpc) is 3.42. The van der Waals surface area contributed by atoms with Gasteiger partial charge in [-0.2, -0.15) is 0 Å². The largest absolute Gasteiger partial charge is 0.382 e. The van der Waals surface area contributed by atoms with Crippen molar-refractivity contribution in [1.82, 2.24) is 10.2 Å². The van der Waals surface area contributed by atoms with E-state index in [2.05, 4.69) is 10.6 Å². The Morgan fingerprint density at radius 3 is 1.54 bits per heavy atom. The fraction of sp³-hybridized carbons (Fsp3) is 0.730. The molecule has 4 amide bonds. The number of hydrogen-bond donors (Lipinski definition) is 2. The van der Waals surface area contributed by atoms with Gasteiger partial charge in [0.15, 0.2) is 0 Å². The molecule has 2 N–H and O–H groups in total. The monoisotopic (exact) mass is 787 g/mol. The van der Waals surface area contributed by atoms with Crippen LogP contribution in [0.4, 0.5) is 5.69 Å². The number of alkyl halides is 1. The van der Waals surface area contributed by atoms with E-state index in [1.807, 2.05) is 0 Å². The zero-order chi connectivity index (χ0) is 38.5. The molecular formula is C37H58ClN3O13. The second kappa shape index (κ2) is 29.5. The van der Waals surface area contributed by atoms with Crippen molar-refractivity contribution in [2.45, 2.75) is 44.6 Å². The Morgan fingerprint density at radius 2 is 1.06 bits per heavy atom. The lowest BCUT2D eigenvalue weighted by molar-refractivity contribution is -0.136. The Labute approximate surface area is 323 Å². The number of imide groups is 2. The van der Waals surface area contributed by atoms with Crippen LogP contribution < -0.4 is 10.6 Å². The number of anilines is 1. The van der Waals surface area contributed by atoms with Crippen LogP contribution in [0.5, 0.6) is 0 Å². The number of amides is 4. The topological polar surface area (TPSA) is 179 Å². The van der Waals surface area contributed by atoms with Gasteiger partial charge in [0.25, 0.3) is 11.8 Å². The minimum atomic E-state index is -1.01. The molecule has 1 unspecified atom stereocenters. The molecule has 2 aliphatic rings. The molecule has 1 aromatic carbocycles. The zero-order valence-electron chi connectivity index (χ0n) is 31.3. The van der Waals surface area contributed by atoms with Gasteiger partial charge in [-0.05, 0) is 31.4 Å². The molecular weight excluding hydrogens is 730 g/mol. The van der Waals surface area contributed by atoms with Crippen molar-refractivity contribution < 1.29 is 61.8 Å². The Morgan fingerprint density at radius 1 is 0.593 bits per heavy atom. The predicted molar refractivity (Wildman–Crippen MR) is 198 cm³/mol. The molecule has 17 heteroatoms. The van der Waals surface area contributed by atoms with Crippen molar-refractivity contribution in [2.24, 2.45) is 0 Å². The molecule has 0 radical (unpaired) electrons. The van der Waals surface area contributed by atoms with Crippen LogP contribution in [0.15, 0.2) is 18.2 Å². The summed E-state index contributed by atoms with van der Waals surface area (Å²) in [5.41, 5.74) is 0.913. The third-order valence-corrected chi connectivity index (χ3v) is 8.45. The standard InChI is InChI=1S/C37H58ClN3O13/c38-10-3-1-2-4-12-46-14-16-48-18-20-50-22-24-52-26-28-54-29-27-53-25-23-51-21-19-49-17-15-47-13-11-39-31-7-5-6-30-34(31)37(45)41(36(30)44)32-8-9-33(42)40-35(32)43/h5-7,32,39H,1-4,8-29H2,(H,40,42,43). The summed E-state index contributed by atoms with van der Waals surface area (Å²) in [5.74, 6) is -1.43. The van der Waals surface area contributed by atoms with Gasteiger partial charge in [0.1, 0.15) is 6.04 Å². The van der Waals surface area contributed by atoms with Gasteiger partial charge in [-0.1, -0.05) is 18.9 Å². The quantitative estimate of drug-likeness (QED) is 0.0582. The molecule has 0 aromatic heterocycles. The lowest BCUT2D eigenvalue weighted by atomic mass is 10.0. The Kier molecular flexibility index (Phi) is 24.9. The number of rotatable bonds is 35. The molecule has 16 nitrogen and oxygen atoms in total. The van der Waals surface area contributed by atoms with Crippen LogP contribution in [0.2, 0.25) is 0 Å². The van der Waals surface area contributed by atoms with Gasteiger partial charge in [-0.3, -0.25) is 29.4 Å². The molecule has 1 atom stereocenters. The molecule has 1 aromatic rings. The lowest BCUT2D eigenvalue weighted by Crippen LogP contribution is -2.54. The number of carbonyl (C=O) groups is 4. The highest BCUT2D eigenvalue weighted by Crippen LogP contribution is 2.32. The average molecular weight is 788 g/mol. The van der Waals surface area contributed by atoms with Crippen LogP contribution in [-0.4, -0.2) is 166 Å². The number of hydrogen-bond acceptors (Lipinski definition) is 14. The second-order valence-electron chi connectivity index (χ2n) is 12.2. The summed E-state index contributed by atoms with van der Waals surface area (Å²) in [6.45, 7) is 9.19. The first kappa shape index (κ1) is 45.6. The van der Waals surface area contributed by atoms with Crippen molar-refractivity contribution in [3.63, 3.8) is 0 Å². The van der Waals surface area contributed by atoms with E-state index in [4.69, 9.17) is 54.2 Å². The van der Waals surface area contributed by atoms with Crippen LogP contribution >= 0.6 is 11.6 Å². The second-order valence-corrected chi connectivity index (χ2v) is 12.6. The minimum absolute atomic E-state index is 0.0671. The summed E-state index contributed by atoms with van der Waals surface area (Å²) in [5, 5.41) is 5.33. The molecule has 54 heavy (non-hydrogen) atoms. The van der Waals surface area contributed by atoms with Gasteiger partial charge in [0, 0.05) is 31.1 Å². The third kappa shape index (κ3) is 18.2. The van der Waals surface area contributed by atoms with Crippen LogP contribution in [0.25, 0.3) is 0 Å². The highest BCUT2D eigenvalue weighted by Gasteiger charge is 2.45. The number of piperidine rings is 1. The number of nitrogens with zero attached hydrogens (tertiary/aromatic N) is 1. The molecule has 2 heterocycles. The van der Waals surface area contributed by atoms with Gasteiger partial charge in [-0.25, -0.2) is 0 Å². The molecule has 0 bridgehead atoms. The van der Waals surface area contributed by atoms with E-state index in [0.717, 1.165) is 43.1 Å². The van der Waals surface area contributed by atoms with Crippen molar-refractivity contribution in [3.8, 4) is 0 Å². The fourth-order valence-corrected chi connectivity index (χ4v) is 5.62. The SMILES string of the molecule is O=C1CCC(N2C(=O)c3cccc(NCCOCCOCCOCCOCCOCCOCCOCCOCCOCCCCCCCl)c3C2=O)C(=O)N1. The van der Waals surface area contributed by atoms with E-state index in [9.17, 15) is 19.2 Å². The first-order valence-electron chi connectivity index (χ1n) is 18.9. The normalized spacial score (nSPS) is 15.6. The van der Waals surface area contributed by atoms with E-state index in [-0.39, 0.29) is 24.0 Å². The van der Waals surface area contributed by atoms with E-state index in [1.165, 1.54) is 0 Å². The summed E-state index contributed by atoms with van der Waals surface area (Å²) in [7, 11) is 0. The molecule has 0 aliphatic carbocycles. The van der Waals surface area contributed by atoms with Crippen LogP contribution in [0.3, 0.4) is 0 Å². The Hall–Kier alpha value is -2.77. The zero-order valence-corrected chi connectivity index (χ0v) is 32.1. The Bertz CT molecular complexity index is 1230. The number of fused-ring (bicyclic) bond motifs is 1. The van der Waals surface area contributed by atoms with Gasteiger partial charge in [0.2, 0.25) is 11.8 Å². The van der Waals surface area contributed by atoms with Crippen molar-refractivity contribution >= 4 is 40.9 Å². The maximum Gasteiger partial charge on any atom is 0.264 e. The van der Waals surface area contributed by atoms with E-state index >= 15 is 0 Å². The summed E-state index contributed by atoms with van der Waals surface area (Å²) < 4.78 is 49.6. The summed E-state index contributed by atoms with van der Waals surface area (Å²) in [6.07, 6.45) is 4.62. The third-order valence-electron chi connectivity index (χ3n) is 8.18. The molecule has 306 valence electrons. The van der Waals surface area contributed by atoms with Crippen molar-refractivity contribution in [1.29, 1.82) is 0 Å². The highest BCUT2D eigenvalue weighted by molar-refractivity contribution is 6.25. The van der Waals surface area contributed by atoms with Gasteiger partial charge in [-0.15, -0.1) is 11.6 Å². The van der Waals surface area contributed by atoms with E-state index in [0.29, 0.717) is 125 Å². The number of halogens is 1. The fourth-order valence-electron chi connectivity index (χ4n) is 5.43. The maximum atomic E-state index is 13.1. The van der Waals surface area contributed by atoms with Gasteiger partial charge in [0.05, 0.1) is 123 Å². The summed E-state index contributed by atoms with van der Waals surface area (Å²) in [6, 6.07) is 3.91. The molecule has 1 fully saturated rings. The first-order valence-corrected chi connectivity index (χ1v) is 19.4. The molecule has 3 rings (SSSR count). The summed E-state index contributed by atoms with van der Waals surface area (Å²) >= 11 is 5.66. The lowest BCUT2D eigenvalue weighted by Gasteiger charge is -2.27. The first-order chi connectivity index (χ1) is 26.5. The number of carbonyl (C=O) groups excluding carboxylic acids is 4. The molecule has 0 spiro atoms. The number of benzene rings is 1. The van der Waals surface area contributed by atoms with E-state index in [1.54, 1.807) is 18.2 Å². The predicted octanol–water partition coefficient (Wildman–Crippen LogP) is 2.45. The minimum Gasteiger partial charge on any atom is -0.382 e. The van der Waals surface area contributed by atoms with Crippen molar-refractivity contribution in [3.05, 3.63) is 29.3 Å². The number of unbranched alkanes of at least 4 members (excludes halogenated alkanes) is 3. The smallest absolute Gasteiger partial charge is 0.264 e. The van der Waals surface area contributed by atoms with Crippen LogP contribution in [0, 0.1) is 0 Å². The maximum absolute atomic E-state index is 13.1. The summed E-state index contributed by atoms with van der Waals surface area (Å²) in [4.78, 5) is 50.8. The van der Waals surface area contributed by atoms with E-state index < -0.39 is 29.7 Å².